The fourth-order valence-corrected chi connectivity index (χ4v) is 3.82. The van der Waals surface area contributed by atoms with E-state index >= 15 is 0 Å². The monoisotopic (exact) mass is 419 g/mol. The second-order valence-corrected chi connectivity index (χ2v) is 7.85. The molecule has 4 rings (SSSR count). The van der Waals surface area contributed by atoms with E-state index in [4.69, 9.17) is 4.52 Å². The van der Waals surface area contributed by atoms with Gasteiger partial charge in [-0.05, 0) is 31.5 Å². The van der Waals surface area contributed by atoms with Crippen LogP contribution in [0.25, 0.3) is 0 Å². The standard InChI is InChI=1S/C22H21N5O2S/c1-15-7-9-17(10-8-15)13-27-20(11-12-23-27)25-22(28)18-5-3-4-6-19(18)30-14-21-24-16(2)26-29-21/h3-12H,13-14H2,1-2H3,(H,25,28). The molecule has 0 spiro atoms. The Morgan fingerprint density at radius 3 is 2.67 bits per heavy atom. The molecule has 2 aromatic carbocycles. The summed E-state index contributed by atoms with van der Waals surface area (Å²) in [5, 5.41) is 11.1. The molecule has 0 saturated carbocycles. The van der Waals surface area contributed by atoms with Crippen LogP contribution in [0.5, 0.6) is 0 Å². The maximum atomic E-state index is 13.0. The van der Waals surface area contributed by atoms with E-state index in [2.05, 4.69) is 51.7 Å². The van der Waals surface area contributed by atoms with Crippen molar-refractivity contribution in [2.45, 2.75) is 31.0 Å². The molecule has 7 nitrogen and oxygen atoms in total. The van der Waals surface area contributed by atoms with Crippen molar-refractivity contribution in [2.24, 2.45) is 0 Å². The topological polar surface area (TPSA) is 85.8 Å². The second kappa shape index (κ2) is 8.96. The second-order valence-electron chi connectivity index (χ2n) is 6.83. The van der Waals surface area contributed by atoms with Crippen LogP contribution in [0.2, 0.25) is 0 Å². The van der Waals surface area contributed by atoms with E-state index in [0.29, 0.717) is 35.4 Å². The maximum Gasteiger partial charge on any atom is 0.257 e. The fourth-order valence-electron chi connectivity index (χ4n) is 2.93. The van der Waals surface area contributed by atoms with Gasteiger partial charge >= 0.3 is 0 Å². The van der Waals surface area contributed by atoms with Crippen LogP contribution in [-0.4, -0.2) is 25.8 Å². The van der Waals surface area contributed by atoms with Crippen LogP contribution in [-0.2, 0) is 12.3 Å². The summed E-state index contributed by atoms with van der Waals surface area (Å²) in [6, 6.07) is 17.5. The highest BCUT2D eigenvalue weighted by Crippen LogP contribution is 2.26. The van der Waals surface area contributed by atoms with Gasteiger partial charge in [0.15, 0.2) is 5.82 Å². The molecule has 0 aliphatic carbocycles. The highest BCUT2D eigenvalue weighted by molar-refractivity contribution is 7.98. The van der Waals surface area contributed by atoms with Crippen LogP contribution < -0.4 is 5.32 Å². The number of hydrogen-bond acceptors (Lipinski definition) is 6. The Hall–Kier alpha value is -3.39. The van der Waals surface area contributed by atoms with Gasteiger partial charge in [0.2, 0.25) is 5.89 Å². The lowest BCUT2D eigenvalue weighted by Crippen LogP contribution is -2.17. The van der Waals surface area contributed by atoms with Crippen molar-refractivity contribution >= 4 is 23.5 Å². The third-order valence-electron chi connectivity index (χ3n) is 4.46. The zero-order valence-electron chi connectivity index (χ0n) is 16.7. The highest BCUT2D eigenvalue weighted by Gasteiger charge is 2.15. The van der Waals surface area contributed by atoms with Crippen LogP contribution in [0.4, 0.5) is 5.82 Å². The van der Waals surface area contributed by atoms with E-state index in [1.807, 2.05) is 18.2 Å². The number of carbonyl (C=O) groups is 1. The average molecular weight is 420 g/mol. The summed E-state index contributed by atoms with van der Waals surface area (Å²) in [6.45, 7) is 4.41. The zero-order chi connectivity index (χ0) is 20.9. The fraction of sp³-hybridized carbons (Fsp3) is 0.182. The SMILES string of the molecule is Cc1ccc(Cn2nccc2NC(=O)c2ccccc2SCc2nc(C)no2)cc1. The molecule has 0 atom stereocenters. The van der Waals surface area contributed by atoms with Gasteiger partial charge in [0, 0.05) is 11.0 Å². The molecule has 0 fully saturated rings. The summed E-state index contributed by atoms with van der Waals surface area (Å²) in [5.41, 5.74) is 2.91. The Morgan fingerprint density at radius 2 is 1.90 bits per heavy atom. The third-order valence-corrected chi connectivity index (χ3v) is 5.52. The summed E-state index contributed by atoms with van der Waals surface area (Å²) in [5.74, 6) is 2.08. The maximum absolute atomic E-state index is 13.0. The van der Waals surface area contributed by atoms with Crippen molar-refractivity contribution in [1.82, 2.24) is 19.9 Å². The number of hydrogen-bond donors (Lipinski definition) is 1. The molecule has 0 unspecified atom stereocenters. The van der Waals surface area contributed by atoms with Crippen molar-refractivity contribution < 1.29 is 9.32 Å². The van der Waals surface area contributed by atoms with Crippen LogP contribution in [0.3, 0.4) is 0 Å². The Labute approximate surface area is 178 Å². The number of benzene rings is 2. The van der Waals surface area contributed by atoms with Gasteiger partial charge in [-0.3, -0.25) is 4.79 Å². The number of aryl methyl sites for hydroxylation is 2. The van der Waals surface area contributed by atoms with Crippen LogP contribution in [0.1, 0.15) is 33.2 Å². The number of nitrogens with one attached hydrogen (secondary N) is 1. The van der Waals surface area contributed by atoms with Gasteiger partial charge in [-0.2, -0.15) is 10.1 Å². The van der Waals surface area contributed by atoms with Crippen molar-refractivity contribution in [2.75, 3.05) is 5.32 Å². The molecule has 1 N–H and O–H groups in total. The lowest BCUT2D eigenvalue weighted by Gasteiger charge is -2.11. The van der Waals surface area contributed by atoms with Crippen molar-refractivity contribution in [3.63, 3.8) is 0 Å². The van der Waals surface area contributed by atoms with Crippen molar-refractivity contribution in [3.8, 4) is 0 Å². The number of rotatable bonds is 7. The molecule has 30 heavy (non-hydrogen) atoms. The molecule has 0 bridgehead atoms. The Kier molecular flexibility index (Phi) is 5.94. The molecular formula is C22H21N5O2S. The van der Waals surface area contributed by atoms with Crippen LogP contribution in [0, 0.1) is 13.8 Å². The van der Waals surface area contributed by atoms with Crippen LogP contribution in [0.15, 0.2) is 70.2 Å². The first-order valence-electron chi connectivity index (χ1n) is 9.48. The normalized spacial score (nSPS) is 10.9. The summed E-state index contributed by atoms with van der Waals surface area (Å²) >= 11 is 1.48. The summed E-state index contributed by atoms with van der Waals surface area (Å²) in [7, 11) is 0. The molecule has 2 heterocycles. The van der Waals surface area contributed by atoms with Crippen molar-refractivity contribution in [1.29, 1.82) is 0 Å². The third kappa shape index (κ3) is 4.77. The summed E-state index contributed by atoms with van der Waals surface area (Å²) in [4.78, 5) is 18.0. The molecule has 0 aliphatic heterocycles. The molecular weight excluding hydrogens is 398 g/mol. The predicted octanol–water partition coefficient (Wildman–Crippen LogP) is 4.48. The molecule has 1 amide bonds. The predicted molar refractivity (Wildman–Crippen MR) is 115 cm³/mol. The molecule has 0 radical (unpaired) electrons. The van der Waals surface area contributed by atoms with Gasteiger partial charge < -0.3 is 9.84 Å². The van der Waals surface area contributed by atoms with Gasteiger partial charge in [-0.25, -0.2) is 4.68 Å². The highest BCUT2D eigenvalue weighted by atomic mass is 32.2. The van der Waals surface area contributed by atoms with Gasteiger partial charge in [0.1, 0.15) is 5.82 Å². The summed E-state index contributed by atoms with van der Waals surface area (Å²) in [6.07, 6.45) is 1.68. The van der Waals surface area contributed by atoms with E-state index in [1.165, 1.54) is 17.3 Å². The molecule has 0 saturated heterocycles. The molecule has 152 valence electrons. The minimum atomic E-state index is -0.189. The lowest BCUT2D eigenvalue weighted by molar-refractivity contribution is 0.102. The quantitative estimate of drug-likeness (QED) is 0.445. The van der Waals surface area contributed by atoms with Gasteiger partial charge in [-0.1, -0.05) is 47.1 Å². The summed E-state index contributed by atoms with van der Waals surface area (Å²) < 4.78 is 6.93. The molecule has 2 aromatic heterocycles. The van der Waals surface area contributed by atoms with E-state index in [-0.39, 0.29) is 5.91 Å². The number of thioether (sulfide) groups is 1. The Morgan fingerprint density at radius 1 is 1.10 bits per heavy atom. The van der Waals surface area contributed by atoms with Gasteiger partial charge in [0.25, 0.3) is 5.91 Å². The van der Waals surface area contributed by atoms with E-state index < -0.39 is 0 Å². The molecule has 4 aromatic rings. The smallest absolute Gasteiger partial charge is 0.257 e. The van der Waals surface area contributed by atoms with Gasteiger partial charge in [-0.15, -0.1) is 11.8 Å². The first-order chi connectivity index (χ1) is 14.6. The van der Waals surface area contributed by atoms with E-state index in [0.717, 1.165) is 10.5 Å². The Bertz CT molecular complexity index is 1150. The van der Waals surface area contributed by atoms with Gasteiger partial charge in [0.05, 0.1) is 24.1 Å². The minimum absolute atomic E-state index is 0.189. The first kappa shape index (κ1) is 19.9. The minimum Gasteiger partial charge on any atom is -0.338 e. The number of nitrogens with zero attached hydrogens (tertiary/aromatic N) is 4. The van der Waals surface area contributed by atoms with Crippen molar-refractivity contribution in [3.05, 3.63) is 89.2 Å². The molecule has 8 heteroatoms. The Balaban J connectivity index is 1.47. The van der Waals surface area contributed by atoms with E-state index in [9.17, 15) is 4.79 Å². The number of carbonyl (C=O) groups excluding carboxylic acids is 1. The first-order valence-corrected chi connectivity index (χ1v) is 10.5. The molecule has 0 aliphatic rings. The largest absolute Gasteiger partial charge is 0.338 e. The lowest BCUT2D eigenvalue weighted by atomic mass is 10.1. The number of aromatic nitrogens is 4. The number of amides is 1. The number of anilines is 1. The van der Waals surface area contributed by atoms with E-state index in [1.54, 1.807) is 29.9 Å². The van der Waals surface area contributed by atoms with Crippen LogP contribution >= 0.6 is 11.8 Å². The zero-order valence-corrected chi connectivity index (χ0v) is 17.5. The average Bonchev–Trinajstić information content (AvgIpc) is 3.37.